The Hall–Kier alpha value is -4.73. The first-order valence-electron chi connectivity index (χ1n) is 13.8. The normalized spacial score (nSPS) is 12.7. The van der Waals surface area contributed by atoms with Gasteiger partial charge in [0, 0.05) is 0 Å². The van der Waals surface area contributed by atoms with Crippen LogP contribution < -0.4 is 31.0 Å². The number of benzene rings is 2. The number of hydrogen-bond donors (Lipinski definition) is 6. The predicted octanol–water partition coefficient (Wildman–Crippen LogP) is -1.28. The van der Waals surface area contributed by atoms with E-state index in [2.05, 4.69) is 25.9 Å². The van der Waals surface area contributed by atoms with E-state index in [0.29, 0.717) is 33.0 Å². The summed E-state index contributed by atoms with van der Waals surface area (Å²) in [7, 11) is -3.93. The van der Waals surface area contributed by atoms with Crippen molar-refractivity contribution >= 4 is 49.4 Å². The van der Waals surface area contributed by atoms with E-state index in [4.69, 9.17) is 30.2 Å². The van der Waals surface area contributed by atoms with Gasteiger partial charge in [-0.3, -0.25) is 9.59 Å². The molecule has 0 saturated heterocycles. The van der Waals surface area contributed by atoms with Crippen LogP contribution in [-0.4, -0.2) is 94.8 Å². The summed E-state index contributed by atoms with van der Waals surface area (Å²) in [4.78, 5) is 39.8. The first-order chi connectivity index (χ1) is 22.4. The molecule has 47 heavy (non-hydrogen) atoms. The number of aliphatic hydroxyl groups is 1. The Balaban J connectivity index is 1.20. The highest BCUT2D eigenvalue weighted by atomic mass is 32.2. The molecule has 0 saturated carbocycles. The lowest BCUT2D eigenvalue weighted by molar-refractivity contribution is -0.144. The van der Waals surface area contributed by atoms with Crippen LogP contribution in [0.3, 0.4) is 0 Å². The molecule has 2 unspecified atom stereocenters. The molecule has 8 N–H and O–H groups in total. The van der Waals surface area contributed by atoms with Crippen molar-refractivity contribution in [3.63, 3.8) is 0 Å². The molecule has 0 fully saturated rings. The number of rotatable bonds is 18. The Morgan fingerprint density at radius 1 is 1.09 bits per heavy atom. The quantitative estimate of drug-likeness (QED) is 0.0663. The Morgan fingerprint density at radius 3 is 2.62 bits per heavy atom. The SMILES string of the molecule is NC(CO)C(=O)NCCOc1cccc(COCC(NC(=O)Cn2cc(COc3ccc4nc(S(N)(=O)=O)sc4c3)nn2)C(=O)O)c1. The molecule has 2 atom stereocenters. The number of aliphatic carboxylic acids is 1. The molecule has 0 spiro atoms. The van der Waals surface area contributed by atoms with Crippen molar-refractivity contribution in [1.82, 2.24) is 30.6 Å². The molecule has 4 aromatic rings. The number of aliphatic hydroxyl groups excluding tert-OH is 1. The average Bonchev–Trinajstić information content (AvgIpc) is 3.68. The molecular weight excluding hydrogens is 660 g/mol. The number of aromatic nitrogens is 4. The van der Waals surface area contributed by atoms with Crippen LogP contribution in [0.1, 0.15) is 11.3 Å². The van der Waals surface area contributed by atoms with Crippen LogP contribution in [-0.2, 0) is 48.9 Å². The maximum atomic E-state index is 12.5. The van der Waals surface area contributed by atoms with E-state index in [0.717, 1.165) is 11.3 Å². The molecule has 20 heteroatoms. The number of nitrogens with two attached hydrogens (primary N) is 2. The highest BCUT2D eigenvalue weighted by Gasteiger charge is 2.21. The van der Waals surface area contributed by atoms with Gasteiger partial charge in [-0.05, 0) is 35.9 Å². The van der Waals surface area contributed by atoms with Crippen LogP contribution in [0.2, 0.25) is 0 Å². The first-order valence-corrected chi connectivity index (χ1v) is 16.2. The second kappa shape index (κ2) is 16.2. The molecule has 0 aliphatic heterocycles. The van der Waals surface area contributed by atoms with Gasteiger partial charge in [0.1, 0.15) is 43.0 Å². The number of carbonyl (C=O) groups is 3. The van der Waals surface area contributed by atoms with Crippen LogP contribution in [0.25, 0.3) is 10.2 Å². The van der Waals surface area contributed by atoms with E-state index in [1.54, 1.807) is 42.5 Å². The fourth-order valence-corrected chi connectivity index (χ4v) is 5.56. The number of ether oxygens (including phenoxy) is 3. The summed E-state index contributed by atoms with van der Waals surface area (Å²) in [6, 6.07) is 9.32. The summed E-state index contributed by atoms with van der Waals surface area (Å²) < 4.78 is 41.5. The molecular formula is C27H32N8O10S2. The number of carboxylic acids is 1. The van der Waals surface area contributed by atoms with Gasteiger partial charge in [-0.25, -0.2) is 28.0 Å². The van der Waals surface area contributed by atoms with Gasteiger partial charge >= 0.3 is 5.97 Å². The number of fused-ring (bicyclic) bond motifs is 1. The molecule has 4 rings (SSSR count). The summed E-state index contributed by atoms with van der Waals surface area (Å²) >= 11 is 0.911. The van der Waals surface area contributed by atoms with Gasteiger partial charge in [-0.2, -0.15) is 0 Å². The third kappa shape index (κ3) is 10.7. The third-order valence-electron chi connectivity index (χ3n) is 6.15. The van der Waals surface area contributed by atoms with Gasteiger partial charge in [0.05, 0.1) is 42.8 Å². The van der Waals surface area contributed by atoms with Gasteiger partial charge < -0.3 is 40.8 Å². The van der Waals surface area contributed by atoms with Crippen LogP contribution in [0.5, 0.6) is 11.5 Å². The zero-order valence-electron chi connectivity index (χ0n) is 24.6. The van der Waals surface area contributed by atoms with Crippen LogP contribution >= 0.6 is 11.3 Å². The Labute approximate surface area is 271 Å². The average molecular weight is 693 g/mol. The number of primary sulfonamides is 1. The Bertz CT molecular complexity index is 1810. The van der Waals surface area contributed by atoms with Gasteiger partial charge in [-0.1, -0.05) is 17.3 Å². The van der Waals surface area contributed by atoms with E-state index < -0.39 is 46.5 Å². The highest BCUT2D eigenvalue weighted by Crippen LogP contribution is 2.28. The molecule has 18 nitrogen and oxygen atoms in total. The Morgan fingerprint density at radius 2 is 1.87 bits per heavy atom. The largest absolute Gasteiger partial charge is 0.492 e. The van der Waals surface area contributed by atoms with Crippen molar-refractivity contribution < 1.29 is 47.2 Å². The first kappa shape index (κ1) is 35.1. The van der Waals surface area contributed by atoms with Gasteiger partial charge in [0.15, 0.2) is 6.04 Å². The van der Waals surface area contributed by atoms with E-state index in [-0.39, 0.29) is 43.9 Å². The number of carboxylic acid groups (broad SMARTS) is 1. The molecule has 0 bridgehead atoms. The van der Waals surface area contributed by atoms with Crippen molar-refractivity contribution in [3.05, 3.63) is 59.9 Å². The van der Waals surface area contributed by atoms with E-state index in [9.17, 15) is 27.9 Å². The monoisotopic (exact) mass is 692 g/mol. The molecule has 0 radical (unpaired) electrons. The molecule has 252 valence electrons. The molecule has 2 aromatic carbocycles. The topological polar surface area (TPSA) is 273 Å². The minimum Gasteiger partial charge on any atom is -0.492 e. The number of nitrogens with zero attached hydrogens (tertiary/aromatic N) is 4. The lowest BCUT2D eigenvalue weighted by Crippen LogP contribution is -2.45. The maximum absolute atomic E-state index is 12.5. The zero-order valence-corrected chi connectivity index (χ0v) is 26.3. The number of nitrogens with one attached hydrogen (secondary N) is 2. The Kier molecular flexibility index (Phi) is 12.1. The molecule has 2 aromatic heterocycles. The summed E-state index contributed by atoms with van der Waals surface area (Å²) in [5.74, 6) is -1.51. The van der Waals surface area contributed by atoms with Crippen LogP contribution in [0.15, 0.2) is 53.0 Å². The smallest absolute Gasteiger partial charge is 0.328 e. The van der Waals surface area contributed by atoms with Crippen molar-refractivity contribution in [2.45, 2.75) is 36.2 Å². The standard InChI is InChI=1S/C27H32N8O10S2/c28-20(12-36)25(38)30-6-7-44-18-3-1-2-16(8-18)13-43-15-22(26(39)40)31-24(37)11-35-10-17(33-34-35)14-45-19-4-5-21-23(9-19)46-27(32-21)47(29,41)42/h1-5,8-10,20,22,36H,6-7,11-15,28H2,(H,30,38)(H,31,37)(H,39,40)(H2,29,41,42). The van der Waals surface area contributed by atoms with Crippen molar-refractivity contribution in [2.75, 3.05) is 26.4 Å². The number of carbonyl (C=O) groups excluding carboxylic acids is 2. The third-order valence-corrected chi connectivity index (χ3v) is 8.49. The summed E-state index contributed by atoms with van der Waals surface area (Å²) in [6.07, 6.45) is 1.46. The number of hydrogen-bond acceptors (Lipinski definition) is 14. The summed E-state index contributed by atoms with van der Waals surface area (Å²) in [5, 5.41) is 36.3. The van der Waals surface area contributed by atoms with Gasteiger partial charge in [0.2, 0.25) is 16.2 Å². The zero-order chi connectivity index (χ0) is 34.0. The minimum absolute atomic E-state index is 0.0122. The predicted molar refractivity (Wildman–Crippen MR) is 165 cm³/mol. The molecule has 0 aliphatic carbocycles. The number of thiazole rings is 1. The van der Waals surface area contributed by atoms with Gasteiger partial charge in [0.25, 0.3) is 10.0 Å². The number of sulfonamides is 1. The summed E-state index contributed by atoms with van der Waals surface area (Å²) in [5.41, 5.74) is 6.94. The fourth-order valence-electron chi connectivity index (χ4n) is 3.87. The summed E-state index contributed by atoms with van der Waals surface area (Å²) in [6.45, 7) is -0.746. The maximum Gasteiger partial charge on any atom is 0.328 e. The minimum atomic E-state index is -3.93. The number of amides is 2. The van der Waals surface area contributed by atoms with E-state index >= 15 is 0 Å². The lowest BCUT2D eigenvalue weighted by Gasteiger charge is -2.15. The van der Waals surface area contributed by atoms with Crippen LogP contribution in [0, 0.1) is 0 Å². The molecule has 2 heterocycles. The second-order valence-corrected chi connectivity index (χ2v) is 12.7. The van der Waals surface area contributed by atoms with E-state index in [1.807, 2.05) is 0 Å². The van der Waals surface area contributed by atoms with Crippen molar-refractivity contribution in [3.8, 4) is 11.5 Å². The van der Waals surface area contributed by atoms with Crippen molar-refractivity contribution in [2.24, 2.45) is 10.9 Å². The fraction of sp³-hybridized carbons (Fsp3) is 0.333. The van der Waals surface area contributed by atoms with Gasteiger partial charge in [-0.15, -0.1) is 16.4 Å². The lowest BCUT2D eigenvalue weighted by atomic mass is 10.2. The van der Waals surface area contributed by atoms with Crippen molar-refractivity contribution in [1.29, 1.82) is 0 Å². The molecule has 0 aliphatic rings. The second-order valence-electron chi connectivity index (χ2n) is 9.90. The highest BCUT2D eigenvalue weighted by molar-refractivity contribution is 7.91. The van der Waals surface area contributed by atoms with Crippen LogP contribution in [0.4, 0.5) is 0 Å². The molecule has 2 amide bonds. The van der Waals surface area contributed by atoms with E-state index in [1.165, 1.54) is 10.9 Å².